The van der Waals surface area contributed by atoms with E-state index in [0.717, 1.165) is 5.56 Å². The number of carbonyl (C=O) groups excluding carboxylic acids is 2. The van der Waals surface area contributed by atoms with Crippen LogP contribution in [0.5, 0.6) is 11.5 Å². The first-order chi connectivity index (χ1) is 16.1. The number of nitrogens with one attached hydrogen (secondary N) is 1. The molecule has 2 aromatic rings. The zero-order chi connectivity index (χ0) is 24.9. The highest BCUT2D eigenvalue weighted by molar-refractivity contribution is 8.26. The molecule has 6 nitrogen and oxygen atoms in total. The van der Waals surface area contributed by atoms with Crippen molar-refractivity contribution in [3.63, 3.8) is 0 Å². The zero-order valence-corrected chi connectivity index (χ0v) is 21.7. The summed E-state index contributed by atoms with van der Waals surface area (Å²) in [7, 11) is 1.53. The summed E-state index contributed by atoms with van der Waals surface area (Å²) in [6, 6.07) is 13.2. The maximum atomic E-state index is 12.6. The molecule has 0 aliphatic carbocycles. The highest BCUT2D eigenvalue weighted by Gasteiger charge is 2.36. The van der Waals surface area contributed by atoms with E-state index >= 15 is 0 Å². The molecule has 0 radical (unpaired) electrons. The van der Waals surface area contributed by atoms with E-state index in [4.69, 9.17) is 56.5 Å². The molecule has 1 atom stereocenters. The molecule has 1 aliphatic heterocycles. The van der Waals surface area contributed by atoms with Crippen LogP contribution in [-0.2, 0) is 4.79 Å². The third-order valence-electron chi connectivity index (χ3n) is 4.53. The second-order valence-corrected chi connectivity index (χ2v) is 10.9. The van der Waals surface area contributed by atoms with E-state index in [1.54, 1.807) is 60.7 Å². The maximum absolute atomic E-state index is 12.6. The molecule has 34 heavy (non-hydrogen) atoms. The number of ether oxygens (including phenoxy) is 2. The predicted molar refractivity (Wildman–Crippen MR) is 142 cm³/mol. The average molecular weight is 558 g/mol. The van der Waals surface area contributed by atoms with Crippen molar-refractivity contribution < 1.29 is 19.1 Å². The second-order valence-electron chi connectivity index (χ2n) is 6.89. The molecule has 3 rings (SSSR count). The molecule has 0 saturated carbocycles. The van der Waals surface area contributed by atoms with Gasteiger partial charge in [0.05, 0.1) is 12.0 Å². The van der Waals surface area contributed by atoms with Crippen molar-refractivity contribution in [1.82, 2.24) is 10.2 Å². The maximum Gasteiger partial charge on any atom is 0.266 e. The molecule has 1 unspecified atom stereocenters. The fraction of sp³-hybridized carbons (Fsp3) is 0.174. The Hall–Kier alpha value is -2.23. The van der Waals surface area contributed by atoms with Crippen LogP contribution in [0.25, 0.3) is 6.08 Å². The molecule has 0 spiro atoms. The SMILES string of the molecule is C=CCN1C(=O)/C(=C/c2ccc(OC(NC(=O)c3ccc(OC)cc3)C(Cl)(Cl)Cl)cc2)SC1=S. The van der Waals surface area contributed by atoms with Gasteiger partial charge in [-0.3, -0.25) is 14.5 Å². The molecule has 0 aromatic heterocycles. The number of amides is 2. The minimum Gasteiger partial charge on any atom is -0.497 e. The van der Waals surface area contributed by atoms with Crippen LogP contribution in [-0.4, -0.2) is 44.7 Å². The van der Waals surface area contributed by atoms with Gasteiger partial charge in [0.15, 0.2) is 0 Å². The first kappa shape index (κ1) is 26.4. The minimum atomic E-state index is -1.94. The van der Waals surface area contributed by atoms with Crippen LogP contribution >= 0.6 is 58.8 Å². The zero-order valence-electron chi connectivity index (χ0n) is 17.8. The van der Waals surface area contributed by atoms with E-state index in [2.05, 4.69) is 11.9 Å². The summed E-state index contributed by atoms with van der Waals surface area (Å²) in [5, 5.41) is 2.57. The Morgan fingerprint density at radius 3 is 2.35 bits per heavy atom. The topological polar surface area (TPSA) is 67.9 Å². The number of hydrogen-bond acceptors (Lipinski definition) is 6. The van der Waals surface area contributed by atoms with Crippen LogP contribution in [0.2, 0.25) is 0 Å². The van der Waals surface area contributed by atoms with E-state index in [1.807, 2.05) is 0 Å². The number of methoxy groups -OCH3 is 1. The molecule has 0 bridgehead atoms. The number of benzene rings is 2. The third-order valence-corrected chi connectivity index (χ3v) is 6.50. The van der Waals surface area contributed by atoms with Gasteiger partial charge in [0, 0.05) is 12.1 Å². The van der Waals surface area contributed by atoms with Crippen molar-refractivity contribution in [2.75, 3.05) is 13.7 Å². The number of nitrogens with zero attached hydrogens (tertiary/aromatic N) is 1. The quantitative estimate of drug-likeness (QED) is 0.150. The van der Waals surface area contributed by atoms with Crippen molar-refractivity contribution in [2.45, 2.75) is 10.0 Å². The summed E-state index contributed by atoms with van der Waals surface area (Å²) in [6.45, 7) is 4.00. The van der Waals surface area contributed by atoms with Gasteiger partial charge in [0.2, 0.25) is 10.0 Å². The molecule has 1 heterocycles. The fourth-order valence-electron chi connectivity index (χ4n) is 2.84. The largest absolute Gasteiger partial charge is 0.497 e. The summed E-state index contributed by atoms with van der Waals surface area (Å²) in [5.74, 6) is 0.293. The number of carbonyl (C=O) groups is 2. The molecular weight excluding hydrogens is 539 g/mol. The lowest BCUT2D eigenvalue weighted by Crippen LogP contribution is -2.47. The van der Waals surface area contributed by atoms with Crippen LogP contribution in [0, 0.1) is 0 Å². The van der Waals surface area contributed by atoms with Crippen molar-refractivity contribution in [2.24, 2.45) is 0 Å². The first-order valence-electron chi connectivity index (χ1n) is 9.77. The molecule has 178 valence electrons. The third kappa shape index (κ3) is 6.67. The van der Waals surface area contributed by atoms with Gasteiger partial charge >= 0.3 is 0 Å². The van der Waals surface area contributed by atoms with Gasteiger partial charge < -0.3 is 14.8 Å². The lowest BCUT2D eigenvalue weighted by atomic mass is 10.2. The van der Waals surface area contributed by atoms with Gasteiger partial charge in [-0.05, 0) is 48.0 Å². The predicted octanol–water partition coefficient (Wildman–Crippen LogP) is 5.59. The van der Waals surface area contributed by atoms with Crippen LogP contribution in [0.4, 0.5) is 0 Å². The molecule has 1 fully saturated rings. The van der Waals surface area contributed by atoms with Gasteiger partial charge in [0.1, 0.15) is 15.8 Å². The Labute approximate surface area is 221 Å². The lowest BCUT2D eigenvalue weighted by Gasteiger charge is -2.26. The van der Waals surface area contributed by atoms with Crippen molar-refractivity contribution in [1.29, 1.82) is 0 Å². The first-order valence-corrected chi connectivity index (χ1v) is 12.1. The van der Waals surface area contributed by atoms with Crippen molar-refractivity contribution in [3.05, 3.63) is 77.2 Å². The normalized spacial score (nSPS) is 15.9. The number of hydrogen-bond donors (Lipinski definition) is 1. The minimum absolute atomic E-state index is 0.173. The molecule has 1 N–H and O–H groups in total. The molecular formula is C23H19Cl3N2O4S2. The lowest BCUT2D eigenvalue weighted by molar-refractivity contribution is -0.121. The summed E-state index contributed by atoms with van der Waals surface area (Å²) >= 11 is 24.6. The average Bonchev–Trinajstić information content (AvgIpc) is 3.06. The number of thioether (sulfide) groups is 1. The number of rotatable bonds is 8. The number of halogens is 3. The standard InChI is InChI=1S/C23H19Cl3N2O4S2/c1-3-12-28-20(30)18(34-22(28)33)13-14-4-8-17(9-5-14)32-21(23(24,25)26)27-19(29)15-6-10-16(31-2)11-7-15/h3-11,13,21H,1,12H2,2H3,(H,27,29)/b18-13-. The Balaban J connectivity index is 1.71. The second kappa shape index (κ2) is 11.5. The molecule has 2 aromatic carbocycles. The van der Waals surface area contributed by atoms with Crippen LogP contribution in [0.1, 0.15) is 15.9 Å². The van der Waals surface area contributed by atoms with Crippen LogP contribution in [0.3, 0.4) is 0 Å². The van der Waals surface area contributed by atoms with Gasteiger partial charge in [-0.1, -0.05) is 77.0 Å². The van der Waals surface area contributed by atoms with E-state index in [-0.39, 0.29) is 5.91 Å². The van der Waals surface area contributed by atoms with E-state index < -0.39 is 15.9 Å². The Kier molecular flexibility index (Phi) is 8.89. The molecule has 2 amide bonds. The highest BCUT2D eigenvalue weighted by atomic mass is 35.6. The number of alkyl halides is 3. The summed E-state index contributed by atoms with van der Waals surface area (Å²) in [6.07, 6.45) is 2.08. The number of thiocarbonyl (C=S) groups is 1. The molecule has 11 heteroatoms. The van der Waals surface area contributed by atoms with Crippen molar-refractivity contribution >= 4 is 81.0 Å². The molecule has 1 saturated heterocycles. The summed E-state index contributed by atoms with van der Waals surface area (Å²) in [5.41, 5.74) is 1.09. The summed E-state index contributed by atoms with van der Waals surface area (Å²) < 4.78 is 9.36. The Morgan fingerprint density at radius 2 is 1.79 bits per heavy atom. The van der Waals surface area contributed by atoms with E-state index in [1.165, 1.54) is 23.8 Å². The monoisotopic (exact) mass is 556 g/mol. The van der Waals surface area contributed by atoms with Gasteiger partial charge in [-0.2, -0.15) is 0 Å². The highest BCUT2D eigenvalue weighted by Crippen LogP contribution is 2.34. The fourth-order valence-corrected chi connectivity index (χ4v) is 4.41. The van der Waals surface area contributed by atoms with Gasteiger partial charge in [-0.15, -0.1) is 6.58 Å². The van der Waals surface area contributed by atoms with Gasteiger partial charge in [-0.25, -0.2) is 0 Å². The van der Waals surface area contributed by atoms with Crippen LogP contribution < -0.4 is 14.8 Å². The van der Waals surface area contributed by atoms with E-state index in [9.17, 15) is 9.59 Å². The van der Waals surface area contributed by atoms with Gasteiger partial charge in [0.25, 0.3) is 11.8 Å². The Morgan fingerprint density at radius 1 is 1.18 bits per heavy atom. The Bertz CT molecular complexity index is 1120. The van der Waals surface area contributed by atoms with Crippen LogP contribution in [0.15, 0.2) is 66.1 Å². The summed E-state index contributed by atoms with van der Waals surface area (Å²) in [4.78, 5) is 27.1. The molecule has 1 aliphatic rings. The smallest absolute Gasteiger partial charge is 0.266 e. The van der Waals surface area contributed by atoms with Crippen molar-refractivity contribution in [3.8, 4) is 11.5 Å². The van der Waals surface area contributed by atoms with E-state index in [0.29, 0.717) is 32.8 Å².